The van der Waals surface area contributed by atoms with Crippen molar-refractivity contribution in [1.29, 1.82) is 0 Å². The number of benzene rings is 8. The smallest absolute Gasteiger partial charge is 0.143 e. The maximum atomic E-state index is 9.39. The van der Waals surface area contributed by atoms with E-state index in [1.807, 2.05) is 78.9 Å². The molecule has 9 aromatic rings. The third-order valence-electron chi connectivity index (χ3n) is 8.27. The number of fused-ring (bicyclic) bond motifs is 5. The van der Waals surface area contributed by atoms with Crippen LogP contribution in [-0.4, -0.2) is 0 Å². The van der Waals surface area contributed by atoms with Crippen LogP contribution in [0, 0.1) is 0 Å². The highest BCUT2D eigenvalue weighted by molar-refractivity contribution is 6.25. The summed E-state index contributed by atoms with van der Waals surface area (Å²) in [5.74, 6) is 0. The average molecular weight is 584 g/mol. The van der Waals surface area contributed by atoms with Gasteiger partial charge in [-0.3, -0.25) is 0 Å². The Bertz CT molecular complexity index is 3070. The van der Waals surface area contributed by atoms with Gasteiger partial charge in [0.25, 0.3) is 0 Å². The van der Waals surface area contributed by atoms with Gasteiger partial charge in [0.15, 0.2) is 0 Å². The zero-order chi connectivity index (χ0) is 39.3. The van der Waals surface area contributed by atoms with E-state index in [9.17, 15) is 2.74 Å². The maximum Gasteiger partial charge on any atom is 0.143 e. The number of hydrogen-bond donors (Lipinski definition) is 0. The van der Waals surface area contributed by atoms with E-state index in [4.69, 9.17) is 16.8 Å². The maximum absolute atomic E-state index is 9.39. The monoisotopic (exact) mass is 583 g/mol. The molecule has 0 atom stereocenters. The third-order valence-corrected chi connectivity index (χ3v) is 8.27. The van der Waals surface area contributed by atoms with Crippen LogP contribution in [0.2, 0.25) is 0 Å². The molecule has 0 saturated heterocycles. The first-order valence-electron chi connectivity index (χ1n) is 20.1. The van der Waals surface area contributed by atoms with Crippen LogP contribution in [0.25, 0.3) is 88.0 Å². The van der Waals surface area contributed by atoms with Crippen LogP contribution in [0.1, 0.15) is 15.1 Å². The summed E-state index contributed by atoms with van der Waals surface area (Å²) in [5, 5.41) is 3.01. The average Bonchev–Trinajstić information content (AvgIpc) is 3.63. The van der Waals surface area contributed by atoms with Gasteiger partial charge in [-0.1, -0.05) is 158 Å². The number of para-hydroxylation sites is 1. The SMILES string of the molecule is [2H]c1c([2H])c([2H])c(-c2c([2H])c([2H])c3oc4c(-c5c6ccccc6c(-c6ccccc6-c6ccccc6)c6ccccc56)c([2H])c([2H])c([2H])c4c3c2[2H])c([2H])c1[2H]. The van der Waals surface area contributed by atoms with Crippen LogP contribution in [0.5, 0.6) is 0 Å². The van der Waals surface area contributed by atoms with Gasteiger partial charge < -0.3 is 4.42 Å². The molecule has 0 saturated carbocycles. The van der Waals surface area contributed by atoms with Gasteiger partial charge in [0.2, 0.25) is 0 Å². The van der Waals surface area contributed by atoms with E-state index < -0.39 is 66.0 Å². The molecular weight excluding hydrogens is 544 g/mol. The standard InChI is InChI=1S/C44H28O/c1-3-14-29(15-4-1)31-26-27-41-40(28-31)38-24-13-25-39(44(38)45-41)43-36-22-11-9-20-34(36)42(35-21-10-12-23-37(35)43)33-19-8-7-18-32(33)30-16-5-2-6-17-30/h1-28H/i1D,3D,4D,13D,14D,15D,24D,25D,26D,27D,28D. The second-order valence-electron chi connectivity index (χ2n) is 10.8. The minimum Gasteiger partial charge on any atom is -0.455 e. The van der Waals surface area contributed by atoms with E-state index in [1.165, 1.54) is 0 Å². The van der Waals surface area contributed by atoms with Gasteiger partial charge in [0.1, 0.15) is 11.2 Å². The summed E-state index contributed by atoms with van der Waals surface area (Å²) < 4.78 is 103. The van der Waals surface area contributed by atoms with Crippen LogP contribution < -0.4 is 0 Å². The Morgan fingerprint density at radius 2 is 0.978 bits per heavy atom. The fourth-order valence-electron chi connectivity index (χ4n) is 6.36. The summed E-state index contributed by atoms with van der Waals surface area (Å²) in [6.07, 6.45) is 0. The van der Waals surface area contributed by atoms with Gasteiger partial charge in [-0.2, -0.15) is 0 Å². The van der Waals surface area contributed by atoms with Crippen molar-refractivity contribution in [3.05, 3.63) is 170 Å². The van der Waals surface area contributed by atoms with Crippen molar-refractivity contribution in [2.24, 2.45) is 0 Å². The first kappa shape index (κ1) is 16.8. The second-order valence-corrected chi connectivity index (χ2v) is 10.8. The fraction of sp³-hybridized carbons (Fsp3) is 0. The molecule has 0 amide bonds. The molecule has 210 valence electrons. The summed E-state index contributed by atoms with van der Waals surface area (Å²) in [4.78, 5) is 0. The van der Waals surface area contributed by atoms with Crippen molar-refractivity contribution in [2.75, 3.05) is 0 Å². The molecule has 0 radical (unpaired) electrons. The minimum atomic E-state index is -0.659. The Labute approximate surface area is 277 Å². The molecule has 8 aromatic carbocycles. The van der Waals surface area contributed by atoms with E-state index in [0.717, 1.165) is 43.8 Å². The van der Waals surface area contributed by atoms with Crippen molar-refractivity contribution in [1.82, 2.24) is 0 Å². The second kappa shape index (κ2) is 10.4. The van der Waals surface area contributed by atoms with E-state index in [1.54, 1.807) is 0 Å². The summed E-state index contributed by atoms with van der Waals surface area (Å²) in [6, 6.07) is 27.7. The molecule has 0 aliphatic rings. The Balaban J connectivity index is 1.44. The van der Waals surface area contributed by atoms with Gasteiger partial charge in [-0.15, -0.1) is 0 Å². The zero-order valence-electron chi connectivity index (χ0n) is 34.7. The van der Waals surface area contributed by atoms with E-state index >= 15 is 0 Å². The van der Waals surface area contributed by atoms with E-state index in [0.29, 0.717) is 5.56 Å². The molecule has 1 nitrogen and oxygen atoms in total. The van der Waals surface area contributed by atoms with Gasteiger partial charge in [-0.25, -0.2) is 0 Å². The lowest BCUT2D eigenvalue weighted by Crippen LogP contribution is -1.92. The van der Waals surface area contributed by atoms with Gasteiger partial charge in [-0.05, 0) is 67.0 Å². The lowest BCUT2D eigenvalue weighted by Gasteiger charge is -2.19. The van der Waals surface area contributed by atoms with Crippen LogP contribution in [0.4, 0.5) is 0 Å². The molecule has 0 bridgehead atoms. The normalized spacial score (nSPS) is 15.0. The first-order valence-corrected chi connectivity index (χ1v) is 14.6. The molecule has 45 heavy (non-hydrogen) atoms. The lowest BCUT2D eigenvalue weighted by molar-refractivity contribution is 0.670. The highest BCUT2D eigenvalue weighted by Gasteiger charge is 2.21. The molecule has 0 fully saturated rings. The quantitative estimate of drug-likeness (QED) is 0.188. The van der Waals surface area contributed by atoms with E-state index in [2.05, 4.69) is 24.3 Å². The predicted molar refractivity (Wildman–Crippen MR) is 190 cm³/mol. The Kier molecular flexibility index (Phi) is 3.87. The summed E-state index contributed by atoms with van der Waals surface area (Å²) in [7, 11) is 0. The highest BCUT2D eigenvalue weighted by Crippen LogP contribution is 2.48. The largest absolute Gasteiger partial charge is 0.455 e. The molecule has 0 aliphatic heterocycles. The molecule has 9 rings (SSSR count). The highest BCUT2D eigenvalue weighted by atomic mass is 16.3. The molecule has 0 aliphatic carbocycles. The van der Waals surface area contributed by atoms with Gasteiger partial charge in [0.05, 0.1) is 15.1 Å². The topological polar surface area (TPSA) is 13.1 Å². The fourth-order valence-corrected chi connectivity index (χ4v) is 6.36. The van der Waals surface area contributed by atoms with Crippen molar-refractivity contribution in [3.8, 4) is 44.5 Å². The van der Waals surface area contributed by atoms with Crippen molar-refractivity contribution < 1.29 is 19.5 Å². The summed E-state index contributed by atoms with van der Waals surface area (Å²) >= 11 is 0. The Morgan fingerprint density at radius 3 is 1.67 bits per heavy atom. The molecule has 1 aromatic heterocycles. The Hall–Kier alpha value is -5.92. The third kappa shape index (κ3) is 4.09. The lowest BCUT2D eigenvalue weighted by atomic mass is 9.83. The van der Waals surface area contributed by atoms with Crippen molar-refractivity contribution >= 4 is 43.5 Å². The van der Waals surface area contributed by atoms with Crippen LogP contribution in [0.15, 0.2) is 174 Å². The van der Waals surface area contributed by atoms with E-state index in [-0.39, 0.29) is 39.1 Å². The molecule has 0 spiro atoms. The van der Waals surface area contributed by atoms with Crippen LogP contribution in [0.3, 0.4) is 0 Å². The summed E-state index contributed by atoms with van der Waals surface area (Å²) in [6.45, 7) is 0. The minimum absolute atomic E-state index is 0.0293. The number of rotatable bonds is 4. The van der Waals surface area contributed by atoms with Crippen LogP contribution in [-0.2, 0) is 0 Å². The molecule has 1 heterocycles. The van der Waals surface area contributed by atoms with Crippen LogP contribution >= 0.6 is 0 Å². The van der Waals surface area contributed by atoms with Crippen molar-refractivity contribution in [3.63, 3.8) is 0 Å². The molecule has 0 unspecified atom stereocenters. The molecular formula is C44H28O. The zero-order valence-corrected chi connectivity index (χ0v) is 23.7. The number of hydrogen-bond acceptors (Lipinski definition) is 1. The summed E-state index contributed by atoms with van der Waals surface area (Å²) in [5.41, 5.74) is 3.65. The molecule has 1 heteroatoms. The first-order chi connectivity index (χ1) is 26.9. The van der Waals surface area contributed by atoms with Gasteiger partial charge >= 0.3 is 0 Å². The number of furan rings is 1. The molecule has 0 N–H and O–H groups in total. The predicted octanol–water partition coefficient (Wildman–Crippen LogP) is 12.6. The Morgan fingerprint density at radius 1 is 0.378 bits per heavy atom. The van der Waals surface area contributed by atoms with Gasteiger partial charge in [0, 0.05) is 21.9 Å². The van der Waals surface area contributed by atoms with Crippen molar-refractivity contribution in [2.45, 2.75) is 0 Å².